The summed E-state index contributed by atoms with van der Waals surface area (Å²) in [5.74, 6) is 0. The molecule has 0 spiro atoms. The number of benzene rings is 1. The van der Waals surface area contributed by atoms with Crippen LogP contribution < -0.4 is 9.47 Å². The number of nitrogens with zero attached hydrogens (tertiary/aromatic N) is 2. The number of aliphatic hydroxyl groups excluding tert-OH is 1. The average molecular weight is 356 g/mol. The summed E-state index contributed by atoms with van der Waals surface area (Å²) < 4.78 is 2.25. The van der Waals surface area contributed by atoms with Crippen LogP contribution in [0.15, 0.2) is 46.3 Å². The number of anilines is 1. The van der Waals surface area contributed by atoms with Crippen molar-refractivity contribution in [1.82, 2.24) is 0 Å². The number of pyridine rings is 1. The highest BCUT2D eigenvalue weighted by molar-refractivity contribution is 8.03. The van der Waals surface area contributed by atoms with Crippen molar-refractivity contribution in [3.8, 4) is 0 Å². The summed E-state index contributed by atoms with van der Waals surface area (Å²) in [6.45, 7) is 9.71. The van der Waals surface area contributed by atoms with Crippen LogP contribution in [0, 0.1) is 13.8 Å². The first-order valence-corrected chi connectivity index (χ1v) is 9.80. The second-order valence-electron chi connectivity index (χ2n) is 6.48. The minimum absolute atomic E-state index is 0.152. The van der Waals surface area contributed by atoms with Gasteiger partial charge in [0.15, 0.2) is 17.4 Å². The molecule has 1 atom stereocenters. The number of aliphatic hydroxyl groups is 1. The van der Waals surface area contributed by atoms with Crippen LogP contribution in [0.5, 0.6) is 0 Å². The van der Waals surface area contributed by atoms with Crippen molar-refractivity contribution < 1.29 is 9.67 Å². The van der Waals surface area contributed by atoms with Crippen LogP contribution >= 0.6 is 11.8 Å². The smallest absolute Gasteiger partial charge is 0.181 e. The van der Waals surface area contributed by atoms with E-state index in [-0.39, 0.29) is 12.6 Å². The van der Waals surface area contributed by atoms with Gasteiger partial charge in [0.1, 0.15) is 6.61 Å². The molecule has 3 nitrogen and oxygen atoms in total. The molecule has 1 aromatic heterocycles. The van der Waals surface area contributed by atoms with Gasteiger partial charge in [-0.15, -0.1) is 0 Å². The Morgan fingerprint density at radius 2 is 1.84 bits per heavy atom. The molecule has 132 valence electrons. The Labute approximate surface area is 155 Å². The third-order valence-electron chi connectivity index (χ3n) is 4.80. The van der Waals surface area contributed by atoms with Crippen LogP contribution in [0.4, 0.5) is 5.69 Å². The van der Waals surface area contributed by atoms with Crippen molar-refractivity contribution in [3.05, 3.63) is 58.4 Å². The maximum Gasteiger partial charge on any atom is 0.181 e. The molecule has 2 aromatic rings. The van der Waals surface area contributed by atoms with Crippen molar-refractivity contribution in [2.24, 2.45) is 0 Å². The zero-order valence-electron chi connectivity index (χ0n) is 15.5. The molecule has 0 fully saturated rings. The maximum atomic E-state index is 9.65. The van der Waals surface area contributed by atoms with E-state index in [2.05, 4.69) is 79.6 Å². The zero-order valence-corrected chi connectivity index (χ0v) is 16.3. The van der Waals surface area contributed by atoms with Gasteiger partial charge < -0.3 is 10.0 Å². The third-order valence-corrected chi connectivity index (χ3v) is 5.91. The van der Waals surface area contributed by atoms with Gasteiger partial charge in [-0.1, -0.05) is 30.8 Å². The highest BCUT2D eigenvalue weighted by Gasteiger charge is 2.25. The molecule has 1 aliphatic heterocycles. The van der Waals surface area contributed by atoms with Crippen molar-refractivity contribution >= 4 is 23.5 Å². The second kappa shape index (κ2) is 7.63. The lowest BCUT2D eigenvalue weighted by Crippen LogP contribution is -2.46. The van der Waals surface area contributed by atoms with E-state index in [0.717, 1.165) is 13.0 Å². The Morgan fingerprint density at radius 3 is 2.44 bits per heavy atom. The molecule has 0 aliphatic carbocycles. The summed E-state index contributed by atoms with van der Waals surface area (Å²) in [4.78, 5) is 3.69. The normalized spacial score (nSPS) is 16.4. The Kier molecular flexibility index (Phi) is 5.50. The molecule has 25 heavy (non-hydrogen) atoms. The summed E-state index contributed by atoms with van der Waals surface area (Å²) in [6, 6.07) is 13.2. The lowest BCUT2D eigenvalue weighted by atomic mass is 10.1. The van der Waals surface area contributed by atoms with E-state index in [9.17, 15) is 5.11 Å². The number of aryl methyl sites for hydroxylation is 2. The summed E-state index contributed by atoms with van der Waals surface area (Å²) >= 11 is 1.84. The monoisotopic (exact) mass is 355 g/mol. The first-order valence-electron chi connectivity index (χ1n) is 8.98. The summed E-state index contributed by atoms with van der Waals surface area (Å²) in [6.07, 6.45) is 3.20. The van der Waals surface area contributed by atoms with Gasteiger partial charge in [-0.05, 0) is 30.7 Å². The van der Waals surface area contributed by atoms with E-state index in [0.29, 0.717) is 0 Å². The minimum Gasteiger partial charge on any atom is -0.389 e. The Bertz CT molecular complexity index is 773. The molecule has 0 unspecified atom stereocenters. The highest BCUT2D eigenvalue weighted by Crippen LogP contribution is 2.46. The van der Waals surface area contributed by atoms with Crippen molar-refractivity contribution in [2.75, 3.05) is 18.1 Å². The van der Waals surface area contributed by atoms with Crippen molar-refractivity contribution in [3.63, 3.8) is 0 Å². The third kappa shape index (κ3) is 3.46. The molecule has 0 amide bonds. The summed E-state index contributed by atoms with van der Waals surface area (Å²) in [5, 5.41) is 10.9. The van der Waals surface area contributed by atoms with E-state index >= 15 is 0 Å². The second-order valence-corrected chi connectivity index (χ2v) is 7.54. The van der Waals surface area contributed by atoms with E-state index in [1.807, 2.05) is 11.8 Å². The lowest BCUT2D eigenvalue weighted by molar-refractivity contribution is -0.735. The standard InChI is InChI=1S/C21H27N2OS/c1-5-18(14-24)23-15(3)11-17(12-16(23)4)13-21-22(6-2)19-9-7-8-10-20(19)25-21/h7-13,18,24H,5-6,14H2,1-4H3/q+1/t18-/m1/s1. The van der Waals surface area contributed by atoms with E-state index in [4.69, 9.17) is 0 Å². The number of para-hydroxylation sites is 1. The van der Waals surface area contributed by atoms with Crippen LogP contribution in [-0.4, -0.2) is 18.3 Å². The molecule has 0 saturated heterocycles. The van der Waals surface area contributed by atoms with Crippen LogP contribution in [0.1, 0.15) is 43.3 Å². The van der Waals surface area contributed by atoms with E-state index < -0.39 is 0 Å². The molecule has 3 rings (SSSR count). The first-order chi connectivity index (χ1) is 12.1. The van der Waals surface area contributed by atoms with Gasteiger partial charge in [0, 0.05) is 43.8 Å². The number of hydrogen-bond donors (Lipinski definition) is 1. The van der Waals surface area contributed by atoms with Gasteiger partial charge in [0.25, 0.3) is 0 Å². The topological polar surface area (TPSA) is 27.4 Å². The Hall–Kier alpha value is -1.78. The fraction of sp³-hybridized carbons (Fsp3) is 0.381. The zero-order chi connectivity index (χ0) is 18.0. The molecule has 0 radical (unpaired) electrons. The molecule has 1 aliphatic rings. The summed E-state index contributed by atoms with van der Waals surface area (Å²) in [7, 11) is 0. The highest BCUT2D eigenvalue weighted by atomic mass is 32.2. The van der Waals surface area contributed by atoms with Gasteiger partial charge >= 0.3 is 0 Å². The lowest BCUT2D eigenvalue weighted by Gasteiger charge is -2.18. The fourth-order valence-corrected chi connectivity index (χ4v) is 4.81. The first kappa shape index (κ1) is 18.0. The van der Waals surface area contributed by atoms with Crippen LogP contribution in [0.3, 0.4) is 0 Å². The predicted octanol–water partition coefficient (Wildman–Crippen LogP) is 4.46. The van der Waals surface area contributed by atoms with Gasteiger partial charge in [0.05, 0.1) is 10.7 Å². The summed E-state index contributed by atoms with van der Waals surface area (Å²) in [5.41, 5.74) is 4.90. The number of rotatable bonds is 5. The van der Waals surface area contributed by atoms with Crippen LogP contribution in [0.25, 0.3) is 6.08 Å². The molecular formula is C21H27N2OS+. The molecular weight excluding hydrogens is 328 g/mol. The van der Waals surface area contributed by atoms with Gasteiger partial charge in [-0.3, -0.25) is 0 Å². The quantitative estimate of drug-likeness (QED) is 0.802. The molecule has 0 saturated carbocycles. The van der Waals surface area contributed by atoms with Gasteiger partial charge in [-0.25, -0.2) is 0 Å². The predicted molar refractivity (Wildman–Crippen MR) is 106 cm³/mol. The largest absolute Gasteiger partial charge is 0.389 e. The molecule has 1 N–H and O–H groups in total. The molecule has 1 aromatic carbocycles. The number of thioether (sulfide) groups is 1. The number of fused-ring (bicyclic) bond motifs is 1. The van der Waals surface area contributed by atoms with Crippen molar-refractivity contribution in [2.45, 2.75) is 45.1 Å². The molecule has 0 bridgehead atoms. The SMILES string of the molecule is CC[C@H](CO)[n+]1c(C)cc(C=C2Sc3ccccc3N2CC)cc1C. The van der Waals surface area contributed by atoms with Gasteiger partial charge in [0.2, 0.25) is 0 Å². The van der Waals surface area contributed by atoms with E-state index in [1.165, 1.54) is 32.6 Å². The minimum atomic E-state index is 0.152. The van der Waals surface area contributed by atoms with Crippen LogP contribution in [0.2, 0.25) is 0 Å². The van der Waals surface area contributed by atoms with E-state index in [1.54, 1.807) is 0 Å². The Balaban J connectivity index is 1.97. The number of hydrogen-bond acceptors (Lipinski definition) is 3. The Morgan fingerprint density at radius 1 is 1.16 bits per heavy atom. The average Bonchev–Trinajstić information content (AvgIpc) is 2.95. The van der Waals surface area contributed by atoms with Crippen molar-refractivity contribution in [1.29, 1.82) is 0 Å². The van der Waals surface area contributed by atoms with Crippen LogP contribution in [-0.2, 0) is 0 Å². The molecule has 4 heteroatoms. The fourth-order valence-electron chi connectivity index (χ4n) is 3.62. The maximum absolute atomic E-state index is 9.65. The van der Waals surface area contributed by atoms with Gasteiger partial charge in [-0.2, -0.15) is 4.57 Å². The molecule has 2 heterocycles. The number of aromatic nitrogens is 1.